The number of morpholine rings is 1. The van der Waals surface area contributed by atoms with Crippen molar-refractivity contribution in [2.24, 2.45) is 0 Å². The molecule has 3 atom stereocenters. The van der Waals surface area contributed by atoms with Gasteiger partial charge in [0.15, 0.2) is 14.1 Å². The Hall–Kier alpha value is -4.25. The zero-order valence-corrected chi connectivity index (χ0v) is 31.2. The first-order valence-electron chi connectivity index (χ1n) is 16.6. The number of rotatable bonds is 8. The summed E-state index contributed by atoms with van der Waals surface area (Å²) in [4.78, 5) is 32.1. The number of benzene rings is 2. The summed E-state index contributed by atoms with van der Waals surface area (Å²) in [5, 5.41) is 2.56. The number of hydrogen-bond acceptors (Lipinski definition) is 6. The smallest absolute Gasteiger partial charge is 0.410 e. The number of nitrogens with one attached hydrogen (secondary N) is 1. The van der Waals surface area contributed by atoms with Crippen molar-refractivity contribution in [1.29, 1.82) is 0 Å². The highest BCUT2D eigenvalue weighted by atomic mass is 28.4. The van der Waals surface area contributed by atoms with Crippen LogP contribution < -0.4 is 5.32 Å². The minimum atomic E-state index is -2.15. The molecule has 1 aliphatic rings. The van der Waals surface area contributed by atoms with Crippen LogP contribution in [0.3, 0.4) is 0 Å². The zero-order chi connectivity index (χ0) is 37.7. The van der Waals surface area contributed by atoms with Crippen molar-refractivity contribution < 1.29 is 41.1 Å². The lowest BCUT2D eigenvalue weighted by Crippen LogP contribution is -2.56. The van der Waals surface area contributed by atoms with E-state index in [-0.39, 0.29) is 48.0 Å². The van der Waals surface area contributed by atoms with Gasteiger partial charge in [0.2, 0.25) is 5.91 Å². The topological polar surface area (TPSA) is 90.0 Å². The maximum atomic E-state index is 15.2. The molecule has 1 saturated heterocycles. The number of amides is 2. The van der Waals surface area contributed by atoms with Gasteiger partial charge < -0.3 is 19.2 Å². The van der Waals surface area contributed by atoms with Crippen molar-refractivity contribution in [1.82, 2.24) is 9.88 Å². The Morgan fingerprint density at radius 3 is 2.24 bits per heavy atom. The Bertz CT molecular complexity index is 1760. The molecule has 0 bridgehead atoms. The third kappa shape index (κ3) is 10.9. The highest BCUT2D eigenvalue weighted by molar-refractivity contribution is 6.74. The Kier molecular flexibility index (Phi) is 12.4. The number of halogens is 4. The van der Waals surface area contributed by atoms with E-state index in [4.69, 9.17) is 13.9 Å². The molecule has 1 fully saturated rings. The van der Waals surface area contributed by atoms with Gasteiger partial charge in [-0.25, -0.2) is 22.4 Å². The number of carbonyl (C=O) groups is 2. The monoisotopic (exact) mass is 727 g/mol. The average molecular weight is 728 g/mol. The standard InChI is InChI=1S/C38H45F4N3O5Si/c1-37(2,3)50-36(47)45-21-30(48-22-29(45)23-49-51(7,8)38(4,5)6)13-14-31-33(42)19-43-20-34(31)44-35(46)18-32(24-9-11-26(39)12-10-24)25-15-27(40)17-28(41)16-25/h9-12,15-17,19-20,29-30,32H,18,21-23H2,1-8H3,(H,44,46)/t29-,30+,32?/m0/s1. The molecule has 51 heavy (non-hydrogen) atoms. The molecule has 8 nitrogen and oxygen atoms in total. The van der Waals surface area contributed by atoms with Gasteiger partial charge in [0.05, 0.1) is 49.4 Å². The summed E-state index contributed by atoms with van der Waals surface area (Å²) < 4.78 is 75.3. The summed E-state index contributed by atoms with van der Waals surface area (Å²) in [6.07, 6.45) is 0.455. The van der Waals surface area contributed by atoms with E-state index < -0.39 is 67.3 Å². The first-order valence-corrected chi connectivity index (χ1v) is 19.5. The summed E-state index contributed by atoms with van der Waals surface area (Å²) >= 11 is 0. The molecule has 274 valence electrons. The van der Waals surface area contributed by atoms with Crippen molar-refractivity contribution in [3.05, 3.63) is 94.8 Å². The third-order valence-electron chi connectivity index (χ3n) is 8.84. The van der Waals surface area contributed by atoms with Gasteiger partial charge in [-0.15, -0.1) is 0 Å². The van der Waals surface area contributed by atoms with Crippen molar-refractivity contribution in [3.8, 4) is 11.8 Å². The molecule has 0 radical (unpaired) electrons. The van der Waals surface area contributed by atoms with Crippen molar-refractivity contribution in [2.45, 2.75) is 89.8 Å². The van der Waals surface area contributed by atoms with Crippen LogP contribution in [0.15, 0.2) is 54.9 Å². The number of ether oxygens (including phenoxy) is 2. The Morgan fingerprint density at radius 1 is 0.980 bits per heavy atom. The second-order valence-electron chi connectivity index (χ2n) is 15.1. The molecule has 1 aliphatic heterocycles. The lowest BCUT2D eigenvalue weighted by Gasteiger charge is -2.42. The summed E-state index contributed by atoms with van der Waals surface area (Å²) in [5.74, 6) is 1.10. The van der Waals surface area contributed by atoms with Gasteiger partial charge in [0.25, 0.3) is 0 Å². The van der Waals surface area contributed by atoms with E-state index in [1.165, 1.54) is 35.4 Å². The van der Waals surface area contributed by atoms with Gasteiger partial charge in [0.1, 0.15) is 29.2 Å². The van der Waals surface area contributed by atoms with Crippen molar-refractivity contribution >= 4 is 26.0 Å². The van der Waals surface area contributed by atoms with Gasteiger partial charge in [-0.3, -0.25) is 14.7 Å². The minimum Gasteiger partial charge on any atom is -0.444 e. The zero-order valence-electron chi connectivity index (χ0n) is 30.2. The van der Waals surface area contributed by atoms with E-state index in [9.17, 15) is 22.8 Å². The summed E-state index contributed by atoms with van der Waals surface area (Å²) in [6, 6.07) is 7.67. The molecule has 2 amide bonds. The molecule has 2 heterocycles. The predicted octanol–water partition coefficient (Wildman–Crippen LogP) is 8.18. The van der Waals surface area contributed by atoms with Crippen LogP contribution in [0.4, 0.5) is 28.0 Å². The van der Waals surface area contributed by atoms with Crippen LogP contribution in [0.1, 0.15) is 70.6 Å². The molecule has 1 unspecified atom stereocenters. The van der Waals surface area contributed by atoms with E-state index in [0.29, 0.717) is 11.6 Å². The molecule has 1 N–H and O–H groups in total. The quantitative estimate of drug-likeness (QED) is 0.143. The lowest BCUT2D eigenvalue weighted by atomic mass is 9.88. The van der Waals surface area contributed by atoms with E-state index in [2.05, 4.69) is 56.0 Å². The first-order chi connectivity index (χ1) is 23.7. The molecule has 13 heteroatoms. The van der Waals surface area contributed by atoms with Crippen LogP contribution in [0, 0.1) is 35.1 Å². The Labute approximate surface area is 298 Å². The number of aromatic nitrogens is 1. The summed E-state index contributed by atoms with van der Waals surface area (Å²) in [6.45, 7) is 16.3. The molecule has 1 aromatic heterocycles. The highest BCUT2D eigenvalue weighted by Gasteiger charge is 2.40. The van der Waals surface area contributed by atoms with E-state index in [0.717, 1.165) is 18.3 Å². The van der Waals surface area contributed by atoms with Crippen LogP contribution in [0.5, 0.6) is 0 Å². The van der Waals surface area contributed by atoms with Crippen LogP contribution in [0.25, 0.3) is 0 Å². The highest BCUT2D eigenvalue weighted by Crippen LogP contribution is 2.37. The van der Waals surface area contributed by atoms with E-state index in [1.54, 1.807) is 20.8 Å². The Balaban J connectivity index is 1.55. The van der Waals surface area contributed by atoms with Gasteiger partial charge in [0, 0.05) is 18.4 Å². The third-order valence-corrected chi connectivity index (χ3v) is 13.3. The molecular formula is C38H45F4N3O5Si. The second kappa shape index (κ2) is 16.0. The fraction of sp³-hybridized carbons (Fsp3) is 0.447. The SMILES string of the molecule is CC(C)(C)OC(=O)N1C[C@@H](C#Cc2c(F)cncc2NC(=O)CC(c2ccc(F)cc2)c2cc(F)cc(F)c2)OC[C@H]1CO[Si](C)(C)C(C)(C)C. The number of pyridine rings is 1. The lowest BCUT2D eigenvalue weighted by molar-refractivity contribution is -0.116. The van der Waals surface area contributed by atoms with E-state index in [1.807, 2.05) is 0 Å². The minimum absolute atomic E-state index is 0.0192. The van der Waals surface area contributed by atoms with Crippen LogP contribution >= 0.6 is 0 Å². The largest absolute Gasteiger partial charge is 0.444 e. The molecule has 0 aliphatic carbocycles. The molecule has 4 rings (SSSR count). The van der Waals surface area contributed by atoms with Crippen molar-refractivity contribution in [3.63, 3.8) is 0 Å². The number of anilines is 1. The normalized spacial score (nSPS) is 17.3. The number of nitrogens with zero attached hydrogens (tertiary/aromatic N) is 2. The van der Waals surface area contributed by atoms with Crippen LogP contribution in [-0.4, -0.2) is 67.7 Å². The van der Waals surface area contributed by atoms with Crippen LogP contribution in [-0.2, 0) is 18.7 Å². The van der Waals surface area contributed by atoms with Crippen LogP contribution in [0.2, 0.25) is 18.1 Å². The van der Waals surface area contributed by atoms with Crippen molar-refractivity contribution in [2.75, 3.05) is 25.1 Å². The van der Waals surface area contributed by atoms with Gasteiger partial charge in [-0.05, 0) is 74.3 Å². The van der Waals surface area contributed by atoms with Gasteiger partial charge in [-0.1, -0.05) is 44.7 Å². The molecule has 0 saturated carbocycles. The number of hydrogen-bond donors (Lipinski definition) is 1. The second-order valence-corrected chi connectivity index (χ2v) is 19.9. The fourth-order valence-electron chi connectivity index (χ4n) is 5.08. The number of carbonyl (C=O) groups excluding carboxylic acids is 2. The van der Waals surface area contributed by atoms with Gasteiger partial charge >= 0.3 is 6.09 Å². The fourth-order valence-corrected chi connectivity index (χ4v) is 6.13. The molecule has 2 aromatic carbocycles. The average Bonchev–Trinajstić information content (AvgIpc) is 3.01. The maximum absolute atomic E-state index is 15.2. The summed E-state index contributed by atoms with van der Waals surface area (Å²) in [5.41, 5.74) is -0.386. The Morgan fingerprint density at radius 2 is 1.63 bits per heavy atom. The predicted molar refractivity (Wildman–Crippen MR) is 189 cm³/mol. The van der Waals surface area contributed by atoms with Gasteiger partial charge in [-0.2, -0.15) is 0 Å². The van der Waals surface area contributed by atoms with E-state index >= 15 is 4.39 Å². The maximum Gasteiger partial charge on any atom is 0.410 e. The summed E-state index contributed by atoms with van der Waals surface area (Å²) in [7, 11) is -2.15. The molecular weight excluding hydrogens is 683 g/mol. The molecule has 0 spiro atoms. The molecule has 3 aromatic rings. The first kappa shape index (κ1) is 39.5.